The molecule has 0 bridgehead atoms. The third-order valence-electron chi connectivity index (χ3n) is 1.33. The van der Waals surface area contributed by atoms with Crippen molar-refractivity contribution in [3.63, 3.8) is 0 Å². The van der Waals surface area contributed by atoms with Gasteiger partial charge in [0.1, 0.15) is 12.2 Å². The Morgan fingerprint density at radius 1 is 1.69 bits per heavy atom. The molecule has 1 heterocycles. The van der Waals surface area contributed by atoms with Crippen molar-refractivity contribution in [2.45, 2.75) is 13.0 Å². The van der Waals surface area contributed by atoms with Crippen LogP contribution in [-0.2, 0) is 11.3 Å². The first-order valence-electron chi connectivity index (χ1n) is 3.60. The van der Waals surface area contributed by atoms with Crippen molar-refractivity contribution in [1.82, 2.24) is 5.32 Å². The van der Waals surface area contributed by atoms with E-state index in [2.05, 4.69) is 21.2 Å². The zero-order valence-corrected chi connectivity index (χ0v) is 8.30. The highest BCUT2D eigenvalue weighted by atomic mass is 79.9. The minimum atomic E-state index is -0.296. The molecule has 1 rings (SSSR count). The summed E-state index contributed by atoms with van der Waals surface area (Å²) in [6, 6.07) is 5.25. The molecule has 0 aliphatic heterocycles. The fourth-order valence-electron chi connectivity index (χ4n) is 0.767. The molecule has 0 spiro atoms. The van der Waals surface area contributed by atoms with Gasteiger partial charge in [0.2, 0.25) is 5.91 Å². The van der Waals surface area contributed by atoms with Gasteiger partial charge in [-0.2, -0.15) is 5.26 Å². The molecule has 0 aromatic carbocycles. The van der Waals surface area contributed by atoms with Crippen LogP contribution in [0.2, 0.25) is 0 Å². The Morgan fingerprint density at radius 3 is 3.00 bits per heavy atom. The van der Waals surface area contributed by atoms with Crippen LogP contribution in [0.3, 0.4) is 0 Å². The molecule has 68 valence electrons. The van der Waals surface area contributed by atoms with Gasteiger partial charge in [-0.25, -0.2) is 0 Å². The molecule has 0 aliphatic carbocycles. The van der Waals surface area contributed by atoms with Crippen LogP contribution in [0, 0.1) is 11.3 Å². The van der Waals surface area contributed by atoms with Crippen LogP contribution in [0.15, 0.2) is 21.2 Å². The maximum Gasteiger partial charge on any atom is 0.234 e. The predicted molar refractivity (Wildman–Crippen MR) is 48.5 cm³/mol. The quantitative estimate of drug-likeness (QED) is 0.876. The molecule has 0 radical (unpaired) electrons. The lowest BCUT2D eigenvalue weighted by Gasteiger charge is -1.97. The second-order valence-electron chi connectivity index (χ2n) is 2.32. The molecular formula is C8H7BrN2O2. The number of hydrogen-bond acceptors (Lipinski definition) is 3. The summed E-state index contributed by atoms with van der Waals surface area (Å²) in [6.45, 7) is 0.312. The second-order valence-corrected chi connectivity index (χ2v) is 3.10. The summed E-state index contributed by atoms with van der Waals surface area (Å²) in [7, 11) is 0. The van der Waals surface area contributed by atoms with Gasteiger partial charge in [0, 0.05) is 0 Å². The zero-order valence-electron chi connectivity index (χ0n) is 6.71. The highest BCUT2D eigenvalue weighted by molar-refractivity contribution is 9.10. The first kappa shape index (κ1) is 9.81. The lowest BCUT2D eigenvalue weighted by Crippen LogP contribution is -2.21. The van der Waals surface area contributed by atoms with Crippen LogP contribution in [0.5, 0.6) is 0 Å². The maximum absolute atomic E-state index is 10.8. The van der Waals surface area contributed by atoms with Gasteiger partial charge in [-0.3, -0.25) is 4.79 Å². The Bertz CT molecular complexity index is 340. The molecule has 0 atom stereocenters. The molecule has 4 nitrogen and oxygen atoms in total. The average Bonchev–Trinajstić information content (AvgIpc) is 2.49. The third kappa shape index (κ3) is 3.30. The van der Waals surface area contributed by atoms with Crippen LogP contribution in [0.4, 0.5) is 0 Å². The molecule has 0 aliphatic rings. The van der Waals surface area contributed by atoms with Crippen LogP contribution < -0.4 is 5.32 Å². The fraction of sp³-hybridized carbons (Fsp3) is 0.250. The van der Waals surface area contributed by atoms with Gasteiger partial charge in [0.15, 0.2) is 4.67 Å². The normalized spacial score (nSPS) is 9.23. The molecule has 0 saturated heterocycles. The second kappa shape index (κ2) is 4.67. The maximum atomic E-state index is 10.8. The number of rotatable bonds is 3. The van der Waals surface area contributed by atoms with E-state index in [4.69, 9.17) is 9.68 Å². The monoisotopic (exact) mass is 242 g/mol. The molecule has 0 unspecified atom stereocenters. The molecule has 0 fully saturated rings. The summed E-state index contributed by atoms with van der Waals surface area (Å²) < 4.78 is 5.75. The Labute approximate surface area is 83.7 Å². The van der Waals surface area contributed by atoms with Crippen molar-refractivity contribution in [3.8, 4) is 6.07 Å². The fourth-order valence-corrected chi connectivity index (χ4v) is 1.11. The van der Waals surface area contributed by atoms with Gasteiger partial charge < -0.3 is 9.73 Å². The van der Waals surface area contributed by atoms with Crippen LogP contribution in [0.1, 0.15) is 12.2 Å². The van der Waals surface area contributed by atoms with E-state index in [9.17, 15) is 4.79 Å². The lowest BCUT2D eigenvalue weighted by atomic mass is 10.4. The number of nitriles is 1. The van der Waals surface area contributed by atoms with Gasteiger partial charge in [0.25, 0.3) is 0 Å². The van der Waals surface area contributed by atoms with Crippen molar-refractivity contribution >= 4 is 21.8 Å². The Hall–Kier alpha value is -1.28. The van der Waals surface area contributed by atoms with Crippen LogP contribution in [0.25, 0.3) is 0 Å². The number of carbonyl (C=O) groups is 1. The van der Waals surface area contributed by atoms with Gasteiger partial charge >= 0.3 is 0 Å². The van der Waals surface area contributed by atoms with Crippen molar-refractivity contribution in [3.05, 3.63) is 22.6 Å². The van der Waals surface area contributed by atoms with E-state index in [-0.39, 0.29) is 12.3 Å². The molecule has 1 aromatic rings. The van der Waals surface area contributed by atoms with Gasteiger partial charge in [0.05, 0.1) is 12.6 Å². The van der Waals surface area contributed by atoms with Crippen molar-refractivity contribution < 1.29 is 9.21 Å². The topological polar surface area (TPSA) is 66.0 Å². The Morgan fingerprint density at radius 2 is 2.46 bits per heavy atom. The number of nitrogens with one attached hydrogen (secondary N) is 1. The summed E-state index contributed by atoms with van der Waals surface area (Å²) >= 11 is 3.14. The molecule has 13 heavy (non-hydrogen) atoms. The first-order valence-corrected chi connectivity index (χ1v) is 4.39. The summed E-state index contributed by atoms with van der Waals surface area (Å²) in [6.07, 6.45) is -0.123. The minimum absolute atomic E-state index is 0.123. The van der Waals surface area contributed by atoms with E-state index in [0.717, 1.165) is 0 Å². The SMILES string of the molecule is N#CCC(=O)NCc1ccc(Br)o1. The molecule has 1 amide bonds. The number of furan rings is 1. The number of halogens is 1. The lowest BCUT2D eigenvalue weighted by molar-refractivity contribution is -0.120. The number of hydrogen-bond donors (Lipinski definition) is 1. The smallest absolute Gasteiger partial charge is 0.234 e. The molecular weight excluding hydrogens is 236 g/mol. The minimum Gasteiger partial charge on any atom is -0.452 e. The van der Waals surface area contributed by atoms with Gasteiger partial charge in [-0.15, -0.1) is 0 Å². The van der Waals surface area contributed by atoms with Crippen LogP contribution in [-0.4, -0.2) is 5.91 Å². The van der Waals surface area contributed by atoms with Crippen LogP contribution >= 0.6 is 15.9 Å². The van der Waals surface area contributed by atoms with E-state index in [1.165, 1.54) is 0 Å². The molecule has 5 heteroatoms. The first-order chi connectivity index (χ1) is 6.22. The standard InChI is InChI=1S/C8H7BrN2O2/c9-7-2-1-6(13-7)5-11-8(12)3-4-10/h1-2H,3,5H2,(H,11,12). The summed E-state index contributed by atoms with van der Waals surface area (Å²) in [4.78, 5) is 10.8. The molecule has 0 saturated carbocycles. The van der Waals surface area contributed by atoms with Crippen molar-refractivity contribution in [2.75, 3.05) is 0 Å². The van der Waals surface area contributed by atoms with E-state index in [1.54, 1.807) is 18.2 Å². The van der Waals surface area contributed by atoms with E-state index >= 15 is 0 Å². The largest absolute Gasteiger partial charge is 0.452 e. The Kier molecular flexibility index (Phi) is 3.53. The number of carbonyl (C=O) groups excluding carboxylic acids is 1. The molecule has 1 N–H and O–H groups in total. The summed E-state index contributed by atoms with van der Waals surface area (Å²) in [5, 5.41) is 10.7. The van der Waals surface area contributed by atoms with Gasteiger partial charge in [-0.05, 0) is 28.1 Å². The predicted octanol–water partition coefficient (Wildman–Crippen LogP) is 1.57. The summed E-state index contributed by atoms with van der Waals surface area (Å²) in [5.41, 5.74) is 0. The molecule has 1 aromatic heterocycles. The highest BCUT2D eigenvalue weighted by Crippen LogP contribution is 2.13. The summed E-state index contributed by atoms with van der Waals surface area (Å²) in [5.74, 6) is 0.355. The van der Waals surface area contributed by atoms with Gasteiger partial charge in [-0.1, -0.05) is 0 Å². The highest BCUT2D eigenvalue weighted by Gasteiger charge is 2.02. The van der Waals surface area contributed by atoms with E-state index < -0.39 is 0 Å². The zero-order chi connectivity index (χ0) is 9.68. The van der Waals surface area contributed by atoms with Crippen molar-refractivity contribution in [2.24, 2.45) is 0 Å². The van der Waals surface area contributed by atoms with Crippen molar-refractivity contribution in [1.29, 1.82) is 5.26 Å². The average molecular weight is 243 g/mol. The number of nitrogens with zero attached hydrogens (tertiary/aromatic N) is 1. The third-order valence-corrected chi connectivity index (χ3v) is 1.75. The van der Waals surface area contributed by atoms with E-state index in [0.29, 0.717) is 17.0 Å². The Balaban J connectivity index is 2.36. The number of amides is 1. The van der Waals surface area contributed by atoms with E-state index in [1.807, 2.05) is 0 Å².